The molecule has 1 saturated heterocycles. The summed E-state index contributed by atoms with van der Waals surface area (Å²) in [6, 6.07) is 0.0814. The van der Waals surface area contributed by atoms with Crippen molar-refractivity contribution < 1.29 is 4.92 Å². The zero-order valence-corrected chi connectivity index (χ0v) is 11.5. The van der Waals surface area contributed by atoms with Gasteiger partial charge in [0.05, 0.1) is 4.92 Å². The standard InChI is InChI=1S/C12H21N5O2/c1-3-5-10-11(17(18)19)12(15(2)14-10)16-7-4-6-9(13)8-16/h9H,3-8,13H2,1-2H3/t9-/m1/s1. The van der Waals surface area contributed by atoms with Gasteiger partial charge in [-0.25, -0.2) is 4.68 Å². The van der Waals surface area contributed by atoms with Crippen LogP contribution >= 0.6 is 0 Å². The molecule has 2 heterocycles. The van der Waals surface area contributed by atoms with Crippen LogP contribution in [-0.2, 0) is 13.5 Å². The maximum Gasteiger partial charge on any atom is 0.334 e. The van der Waals surface area contributed by atoms with Crippen molar-refractivity contribution in [2.24, 2.45) is 12.8 Å². The summed E-state index contributed by atoms with van der Waals surface area (Å²) in [6.07, 6.45) is 3.41. The van der Waals surface area contributed by atoms with Crippen LogP contribution in [0, 0.1) is 10.1 Å². The summed E-state index contributed by atoms with van der Waals surface area (Å²) >= 11 is 0. The van der Waals surface area contributed by atoms with Crippen LogP contribution < -0.4 is 10.6 Å². The third-order valence-corrected chi connectivity index (χ3v) is 3.49. The number of nitrogens with two attached hydrogens (primary N) is 1. The molecule has 7 nitrogen and oxygen atoms in total. The van der Waals surface area contributed by atoms with Crippen molar-refractivity contribution in [3.8, 4) is 0 Å². The average molecular weight is 267 g/mol. The molecule has 0 saturated carbocycles. The second-order valence-corrected chi connectivity index (χ2v) is 5.10. The van der Waals surface area contributed by atoms with Crippen molar-refractivity contribution in [1.82, 2.24) is 9.78 Å². The Morgan fingerprint density at radius 1 is 1.58 bits per heavy atom. The van der Waals surface area contributed by atoms with Gasteiger partial charge in [-0.05, 0) is 19.3 Å². The summed E-state index contributed by atoms with van der Waals surface area (Å²) in [4.78, 5) is 13.0. The highest BCUT2D eigenvalue weighted by molar-refractivity contribution is 5.62. The molecule has 0 spiro atoms. The minimum atomic E-state index is -0.312. The van der Waals surface area contributed by atoms with E-state index in [0.717, 1.165) is 25.8 Å². The number of aryl methyl sites for hydroxylation is 2. The van der Waals surface area contributed by atoms with E-state index >= 15 is 0 Å². The molecule has 1 aromatic heterocycles. The van der Waals surface area contributed by atoms with Crippen LogP contribution in [-0.4, -0.2) is 33.8 Å². The Balaban J connectivity index is 2.40. The van der Waals surface area contributed by atoms with Crippen LogP contribution in [0.15, 0.2) is 0 Å². The molecule has 2 N–H and O–H groups in total. The van der Waals surface area contributed by atoms with Gasteiger partial charge in [0.15, 0.2) is 0 Å². The fraction of sp³-hybridized carbons (Fsp3) is 0.750. The number of hydrogen-bond acceptors (Lipinski definition) is 5. The minimum Gasteiger partial charge on any atom is -0.350 e. The molecule has 106 valence electrons. The average Bonchev–Trinajstić information content (AvgIpc) is 2.66. The zero-order valence-electron chi connectivity index (χ0n) is 11.5. The highest BCUT2D eigenvalue weighted by atomic mass is 16.6. The van der Waals surface area contributed by atoms with Crippen molar-refractivity contribution in [3.05, 3.63) is 15.8 Å². The summed E-state index contributed by atoms with van der Waals surface area (Å²) in [5.41, 5.74) is 6.69. The number of piperidine rings is 1. The molecule has 0 radical (unpaired) electrons. The van der Waals surface area contributed by atoms with Gasteiger partial charge in [0.25, 0.3) is 0 Å². The van der Waals surface area contributed by atoms with E-state index in [1.165, 1.54) is 0 Å². The molecule has 1 atom stereocenters. The van der Waals surface area contributed by atoms with E-state index in [4.69, 9.17) is 5.73 Å². The molecular weight excluding hydrogens is 246 g/mol. The van der Waals surface area contributed by atoms with Gasteiger partial charge in [-0.3, -0.25) is 10.1 Å². The third kappa shape index (κ3) is 2.70. The first kappa shape index (κ1) is 13.8. The van der Waals surface area contributed by atoms with Crippen molar-refractivity contribution in [2.45, 2.75) is 38.6 Å². The van der Waals surface area contributed by atoms with Gasteiger partial charge in [0.2, 0.25) is 5.82 Å². The number of nitro groups is 1. The summed E-state index contributed by atoms with van der Waals surface area (Å²) in [6.45, 7) is 3.46. The largest absolute Gasteiger partial charge is 0.350 e. The van der Waals surface area contributed by atoms with E-state index in [1.54, 1.807) is 11.7 Å². The molecule has 0 unspecified atom stereocenters. The first-order valence-electron chi connectivity index (χ1n) is 6.75. The van der Waals surface area contributed by atoms with E-state index in [1.807, 2.05) is 11.8 Å². The van der Waals surface area contributed by atoms with Gasteiger partial charge < -0.3 is 10.6 Å². The Morgan fingerprint density at radius 3 is 2.89 bits per heavy atom. The maximum atomic E-state index is 11.3. The lowest BCUT2D eigenvalue weighted by Crippen LogP contribution is -2.43. The van der Waals surface area contributed by atoms with Crippen molar-refractivity contribution in [1.29, 1.82) is 0 Å². The Kier molecular flexibility index (Phi) is 4.04. The molecule has 2 rings (SSSR count). The van der Waals surface area contributed by atoms with Crippen LogP contribution in [0.5, 0.6) is 0 Å². The third-order valence-electron chi connectivity index (χ3n) is 3.49. The molecule has 19 heavy (non-hydrogen) atoms. The molecule has 1 aliphatic heterocycles. The van der Waals surface area contributed by atoms with Gasteiger partial charge in [0.1, 0.15) is 5.69 Å². The maximum absolute atomic E-state index is 11.3. The second-order valence-electron chi connectivity index (χ2n) is 5.10. The quantitative estimate of drug-likeness (QED) is 0.654. The fourth-order valence-electron chi connectivity index (χ4n) is 2.71. The normalized spacial score (nSPS) is 19.7. The first-order valence-corrected chi connectivity index (χ1v) is 6.75. The molecule has 1 aliphatic rings. The highest BCUT2D eigenvalue weighted by Crippen LogP contribution is 2.33. The van der Waals surface area contributed by atoms with Crippen LogP contribution in [0.25, 0.3) is 0 Å². The SMILES string of the molecule is CCCc1nn(C)c(N2CCC[C@@H](N)C2)c1[N+](=O)[O-]. The van der Waals surface area contributed by atoms with Gasteiger partial charge in [-0.1, -0.05) is 13.3 Å². The zero-order chi connectivity index (χ0) is 14.0. The molecular formula is C12H21N5O2. The lowest BCUT2D eigenvalue weighted by molar-refractivity contribution is -0.384. The van der Waals surface area contributed by atoms with Crippen molar-refractivity contribution in [3.63, 3.8) is 0 Å². The van der Waals surface area contributed by atoms with Crippen LogP contribution in [0.2, 0.25) is 0 Å². The molecule has 0 bridgehead atoms. The van der Waals surface area contributed by atoms with Gasteiger partial charge >= 0.3 is 5.69 Å². The molecule has 0 aromatic carbocycles. The van der Waals surface area contributed by atoms with Gasteiger partial charge in [-0.2, -0.15) is 5.10 Å². The summed E-state index contributed by atoms with van der Waals surface area (Å²) < 4.78 is 1.63. The Bertz CT molecular complexity index is 471. The highest BCUT2D eigenvalue weighted by Gasteiger charge is 2.31. The lowest BCUT2D eigenvalue weighted by atomic mass is 10.1. The van der Waals surface area contributed by atoms with E-state index in [2.05, 4.69) is 5.10 Å². The fourth-order valence-corrected chi connectivity index (χ4v) is 2.71. The molecule has 1 aromatic rings. The van der Waals surface area contributed by atoms with E-state index in [0.29, 0.717) is 24.5 Å². The monoisotopic (exact) mass is 267 g/mol. The van der Waals surface area contributed by atoms with E-state index in [9.17, 15) is 10.1 Å². The molecule has 0 amide bonds. The van der Waals surface area contributed by atoms with Crippen LogP contribution in [0.1, 0.15) is 31.9 Å². The lowest BCUT2D eigenvalue weighted by Gasteiger charge is -2.31. The van der Waals surface area contributed by atoms with Crippen LogP contribution in [0.3, 0.4) is 0 Å². The second kappa shape index (κ2) is 5.56. The number of hydrogen-bond donors (Lipinski definition) is 1. The topological polar surface area (TPSA) is 90.2 Å². The Labute approximate surface area is 112 Å². The number of nitrogens with zero attached hydrogens (tertiary/aromatic N) is 4. The molecule has 1 fully saturated rings. The molecule has 0 aliphatic carbocycles. The van der Waals surface area contributed by atoms with Crippen LogP contribution in [0.4, 0.5) is 11.5 Å². The van der Waals surface area contributed by atoms with E-state index < -0.39 is 0 Å². The van der Waals surface area contributed by atoms with E-state index in [-0.39, 0.29) is 16.7 Å². The minimum absolute atomic E-state index is 0.0814. The number of aromatic nitrogens is 2. The predicted octanol–water partition coefficient (Wildman–Crippen LogP) is 1.21. The predicted molar refractivity (Wildman–Crippen MR) is 73.3 cm³/mol. The first-order chi connectivity index (χ1) is 9.04. The van der Waals surface area contributed by atoms with Crippen molar-refractivity contribution >= 4 is 11.5 Å². The Morgan fingerprint density at radius 2 is 2.32 bits per heavy atom. The van der Waals surface area contributed by atoms with Gasteiger partial charge in [0, 0.05) is 26.2 Å². The van der Waals surface area contributed by atoms with Gasteiger partial charge in [-0.15, -0.1) is 0 Å². The smallest absolute Gasteiger partial charge is 0.334 e. The summed E-state index contributed by atoms with van der Waals surface area (Å²) in [5, 5.41) is 15.7. The number of rotatable bonds is 4. The van der Waals surface area contributed by atoms with Crippen molar-refractivity contribution in [2.75, 3.05) is 18.0 Å². The Hall–Kier alpha value is -1.63. The summed E-state index contributed by atoms with van der Waals surface area (Å²) in [7, 11) is 1.77. The number of anilines is 1. The summed E-state index contributed by atoms with van der Waals surface area (Å²) in [5.74, 6) is 0.601. The molecule has 7 heteroatoms.